The molecule has 0 bridgehead atoms. The summed E-state index contributed by atoms with van der Waals surface area (Å²) in [5.74, 6) is 0.353. The number of rotatable bonds is 8. The van der Waals surface area contributed by atoms with Crippen LogP contribution < -0.4 is 5.32 Å². The van der Waals surface area contributed by atoms with Crippen molar-refractivity contribution >= 4 is 15.7 Å². The Morgan fingerprint density at radius 1 is 1.09 bits per heavy atom. The molecule has 8 nitrogen and oxygen atoms in total. The lowest BCUT2D eigenvalue weighted by molar-refractivity contribution is 0.0934. The smallest absolute Gasteiger partial charge is 0.292 e. The van der Waals surface area contributed by atoms with Gasteiger partial charge in [-0.15, -0.1) is 0 Å². The van der Waals surface area contributed by atoms with Gasteiger partial charge in [0, 0.05) is 24.9 Å². The molecule has 1 aliphatic heterocycles. The second-order valence-corrected chi connectivity index (χ2v) is 10.5. The Labute approximate surface area is 193 Å². The second kappa shape index (κ2) is 10.3. The molecule has 0 spiro atoms. The number of nitrogens with one attached hydrogen (secondary N) is 1. The molecule has 1 aromatic heterocycles. The van der Waals surface area contributed by atoms with Gasteiger partial charge in [0.15, 0.2) is 9.84 Å². The van der Waals surface area contributed by atoms with Crippen molar-refractivity contribution in [2.45, 2.75) is 30.7 Å². The number of hydrogen-bond acceptors (Lipinski definition) is 7. The molecular weight excluding hydrogens is 440 g/mol. The Kier molecular flexibility index (Phi) is 7.20. The number of piperidine rings is 1. The van der Waals surface area contributed by atoms with Crippen molar-refractivity contribution in [1.29, 1.82) is 0 Å². The molecule has 9 heteroatoms. The van der Waals surface area contributed by atoms with Gasteiger partial charge in [-0.05, 0) is 68.1 Å². The molecule has 0 radical (unpaired) electrons. The van der Waals surface area contributed by atoms with Gasteiger partial charge < -0.3 is 9.84 Å². The lowest BCUT2D eigenvalue weighted by Gasteiger charge is -2.32. The Hall–Kier alpha value is -3.04. The maximum Gasteiger partial charge on any atom is 0.292 e. The van der Waals surface area contributed by atoms with E-state index in [9.17, 15) is 13.2 Å². The Morgan fingerprint density at radius 3 is 2.45 bits per heavy atom. The highest BCUT2D eigenvalue weighted by Gasteiger charge is 2.20. The number of nitrogens with zero attached hydrogens (tertiary/aromatic N) is 3. The van der Waals surface area contributed by atoms with Gasteiger partial charge in [-0.1, -0.05) is 35.5 Å². The van der Waals surface area contributed by atoms with Crippen molar-refractivity contribution in [2.24, 2.45) is 5.92 Å². The first kappa shape index (κ1) is 23.1. The molecule has 0 saturated carbocycles. The standard InChI is InChI=1S/C24H28N4O4S/c1-33(30,31)21-9-7-20(8-10-21)24-26-22(27-32-24)23(29)25-14-11-18-12-15-28(16-13-18)17-19-5-3-2-4-6-19/h2-10,18H,11-17H2,1H3,(H,25,29). The van der Waals surface area contributed by atoms with Gasteiger partial charge in [0.1, 0.15) is 0 Å². The highest BCUT2D eigenvalue weighted by molar-refractivity contribution is 7.90. The van der Waals surface area contributed by atoms with Crippen LogP contribution in [-0.4, -0.2) is 55.3 Å². The van der Waals surface area contributed by atoms with E-state index >= 15 is 0 Å². The molecule has 1 fully saturated rings. The monoisotopic (exact) mass is 468 g/mol. The lowest BCUT2D eigenvalue weighted by atomic mass is 9.93. The lowest BCUT2D eigenvalue weighted by Crippen LogP contribution is -2.35. The van der Waals surface area contributed by atoms with Crippen molar-refractivity contribution in [3.8, 4) is 11.5 Å². The van der Waals surface area contributed by atoms with Gasteiger partial charge in [-0.25, -0.2) is 8.42 Å². The maximum atomic E-state index is 12.4. The van der Waals surface area contributed by atoms with Gasteiger partial charge in [0.05, 0.1) is 4.90 Å². The molecule has 0 aliphatic carbocycles. The molecule has 1 aliphatic rings. The fourth-order valence-electron chi connectivity index (χ4n) is 4.02. The van der Waals surface area contributed by atoms with Gasteiger partial charge in [0.25, 0.3) is 17.6 Å². The van der Waals surface area contributed by atoms with Crippen molar-refractivity contribution in [3.63, 3.8) is 0 Å². The minimum Gasteiger partial charge on any atom is -0.349 e. The Balaban J connectivity index is 1.21. The van der Waals surface area contributed by atoms with Crippen LogP contribution >= 0.6 is 0 Å². The predicted octanol–water partition coefficient (Wildman–Crippen LogP) is 3.17. The Morgan fingerprint density at radius 2 is 1.79 bits per heavy atom. The molecule has 33 heavy (non-hydrogen) atoms. The summed E-state index contributed by atoms with van der Waals surface area (Å²) in [6.45, 7) is 3.69. The first-order chi connectivity index (χ1) is 15.9. The van der Waals surface area contributed by atoms with Gasteiger partial charge in [-0.2, -0.15) is 4.98 Å². The number of hydrogen-bond donors (Lipinski definition) is 1. The minimum atomic E-state index is -3.28. The van der Waals surface area contributed by atoms with Crippen molar-refractivity contribution in [2.75, 3.05) is 25.9 Å². The van der Waals surface area contributed by atoms with E-state index in [2.05, 4.69) is 44.6 Å². The van der Waals surface area contributed by atoms with Gasteiger partial charge >= 0.3 is 0 Å². The molecular formula is C24H28N4O4S. The van der Waals surface area contributed by atoms with E-state index < -0.39 is 9.84 Å². The van der Waals surface area contributed by atoms with E-state index in [-0.39, 0.29) is 22.5 Å². The van der Waals surface area contributed by atoms with Crippen LogP contribution in [0.25, 0.3) is 11.5 Å². The van der Waals surface area contributed by atoms with Crippen molar-refractivity contribution < 1.29 is 17.7 Å². The number of carbonyl (C=O) groups is 1. The van der Waals surface area contributed by atoms with E-state index in [0.29, 0.717) is 18.0 Å². The average molecular weight is 469 g/mol. The SMILES string of the molecule is CS(=O)(=O)c1ccc(-c2nc(C(=O)NCCC3CCN(Cc4ccccc4)CC3)no2)cc1. The summed E-state index contributed by atoms with van der Waals surface area (Å²) in [6.07, 6.45) is 4.31. The zero-order valence-corrected chi connectivity index (χ0v) is 19.4. The summed E-state index contributed by atoms with van der Waals surface area (Å²) >= 11 is 0. The molecule has 1 amide bonds. The van der Waals surface area contributed by atoms with E-state index in [4.69, 9.17) is 4.52 Å². The van der Waals surface area contributed by atoms with Crippen molar-refractivity contribution in [1.82, 2.24) is 20.4 Å². The average Bonchev–Trinajstić information content (AvgIpc) is 3.31. The van der Waals surface area contributed by atoms with Gasteiger partial charge in [0.2, 0.25) is 0 Å². The van der Waals surface area contributed by atoms with Crippen LogP contribution in [0, 0.1) is 5.92 Å². The van der Waals surface area contributed by atoms with E-state index in [1.54, 1.807) is 12.1 Å². The maximum absolute atomic E-state index is 12.4. The fraction of sp³-hybridized carbons (Fsp3) is 0.375. The summed E-state index contributed by atoms with van der Waals surface area (Å²) in [5, 5.41) is 6.63. The van der Waals surface area contributed by atoms with Crippen LogP contribution in [0.4, 0.5) is 0 Å². The third-order valence-corrected chi connectivity index (χ3v) is 7.08. The molecule has 2 heterocycles. The molecule has 2 aromatic carbocycles. The molecule has 0 atom stereocenters. The third-order valence-electron chi connectivity index (χ3n) is 5.95. The normalized spacial score (nSPS) is 15.4. The molecule has 3 aromatic rings. The first-order valence-corrected chi connectivity index (χ1v) is 13.0. The zero-order chi connectivity index (χ0) is 23.3. The van der Waals surface area contributed by atoms with Crippen LogP contribution in [0.2, 0.25) is 0 Å². The molecule has 174 valence electrons. The number of aromatic nitrogens is 2. The third kappa shape index (κ3) is 6.27. The van der Waals surface area contributed by atoms with E-state index in [0.717, 1.165) is 45.2 Å². The first-order valence-electron chi connectivity index (χ1n) is 11.1. The Bertz CT molecular complexity index is 1170. The quantitative estimate of drug-likeness (QED) is 0.541. The largest absolute Gasteiger partial charge is 0.349 e. The van der Waals surface area contributed by atoms with E-state index in [1.165, 1.54) is 17.7 Å². The second-order valence-electron chi connectivity index (χ2n) is 8.47. The zero-order valence-electron chi connectivity index (χ0n) is 18.6. The number of carbonyl (C=O) groups excluding carboxylic acids is 1. The number of amides is 1. The van der Waals surface area contributed by atoms with Gasteiger partial charge in [-0.3, -0.25) is 9.69 Å². The highest BCUT2D eigenvalue weighted by atomic mass is 32.2. The summed E-state index contributed by atoms with van der Waals surface area (Å²) in [6, 6.07) is 16.6. The summed E-state index contributed by atoms with van der Waals surface area (Å²) in [7, 11) is -3.28. The molecule has 1 saturated heterocycles. The van der Waals surface area contributed by atoms with Crippen LogP contribution in [0.5, 0.6) is 0 Å². The van der Waals surface area contributed by atoms with Crippen LogP contribution in [0.3, 0.4) is 0 Å². The van der Waals surface area contributed by atoms with Crippen LogP contribution in [-0.2, 0) is 16.4 Å². The predicted molar refractivity (Wildman–Crippen MR) is 124 cm³/mol. The summed E-state index contributed by atoms with van der Waals surface area (Å²) < 4.78 is 28.3. The minimum absolute atomic E-state index is 0.0325. The molecule has 1 N–H and O–H groups in total. The van der Waals surface area contributed by atoms with Crippen LogP contribution in [0.1, 0.15) is 35.4 Å². The van der Waals surface area contributed by atoms with Crippen molar-refractivity contribution in [3.05, 3.63) is 66.0 Å². The number of likely N-dealkylation sites (tertiary alicyclic amines) is 1. The number of benzene rings is 2. The topological polar surface area (TPSA) is 105 Å². The highest BCUT2D eigenvalue weighted by Crippen LogP contribution is 2.22. The van der Waals surface area contributed by atoms with Crippen LogP contribution in [0.15, 0.2) is 64.0 Å². The molecule has 0 unspecified atom stereocenters. The molecule has 4 rings (SSSR count). The summed E-state index contributed by atoms with van der Waals surface area (Å²) in [5.41, 5.74) is 1.89. The number of sulfone groups is 1. The fourth-order valence-corrected chi connectivity index (χ4v) is 4.65. The van der Waals surface area contributed by atoms with E-state index in [1.807, 2.05) is 6.07 Å². The summed E-state index contributed by atoms with van der Waals surface area (Å²) in [4.78, 5) is 19.2.